The highest BCUT2D eigenvalue weighted by Gasteiger charge is 1.97. The number of aryl methyl sites for hydroxylation is 1. The van der Waals surface area contributed by atoms with Crippen molar-refractivity contribution in [3.63, 3.8) is 0 Å². The molecule has 1 aromatic heterocycles. The Balaban J connectivity index is 1.72. The Hall–Kier alpha value is -1.69. The zero-order chi connectivity index (χ0) is 19.4. The van der Waals surface area contributed by atoms with E-state index in [2.05, 4.69) is 22.6 Å². The molecule has 152 valence electrons. The fourth-order valence-electron chi connectivity index (χ4n) is 3.16. The lowest BCUT2D eigenvalue weighted by Gasteiger charge is -2.02. The van der Waals surface area contributed by atoms with Gasteiger partial charge in [0.15, 0.2) is 0 Å². The molecule has 0 atom stereocenters. The Morgan fingerprint density at radius 1 is 0.852 bits per heavy atom. The minimum Gasteiger partial charge on any atom is -0.469 e. The van der Waals surface area contributed by atoms with Gasteiger partial charge in [0.1, 0.15) is 5.76 Å². The predicted octanol–water partition coefficient (Wildman–Crippen LogP) is 6.85. The molecular weight excluding hydrogens is 336 g/mol. The van der Waals surface area contributed by atoms with E-state index in [1.54, 1.807) is 6.26 Å². The van der Waals surface area contributed by atoms with Crippen molar-refractivity contribution >= 4 is 5.97 Å². The number of carbonyl (C=O) groups is 1. The maximum absolute atomic E-state index is 10.9. The maximum Gasteiger partial charge on any atom is 0.305 e. The van der Waals surface area contributed by atoms with Crippen LogP contribution >= 0.6 is 0 Å². The third-order valence-corrected chi connectivity index (χ3v) is 4.84. The van der Waals surface area contributed by atoms with Gasteiger partial charge in [0.2, 0.25) is 0 Å². The highest BCUT2D eigenvalue weighted by molar-refractivity contribution is 5.69. The summed E-state index contributed by atoms with van der Waals surface area (Å²) in [5.74, 6) is 7.35. The normalized spacial score (nSPS) is 10.4. The second kappa shape index (κ2) is 17.7. The minimum atomic E-state index is -0.137. The summed E-state index contributed by atoms with van der Waals surface area (Å²) >= 11 is 0. The lowest BCUT2D eigenvalue weighted by atomic mass is 10.0. The van der Waals surface area contributed by atoms with E-state index in [1.807, 2.05) is 6.07 Å². The Morgan fingerprint density at radius 2 is 1.41 bits per heavy atom. The van der Waals surface area contributed by atoms with Crippen LogP contribution in [0.25, 0.3) is 0 Å². The van der Waals surface area contributed by atoms with E-state index in [9.17, 15) is 4.79 Å². The average Bonchev–Trinajstić information content (AvgIpc) is 3.20. The van der Waals surface area contributed by atoms with E-state index in [-0.39, 0.29) is 5.97 Å². The van der Waals surface area contributed by atoms with Crippen LogP contribution in [0.2, 0.25) is 0 Å². The van der Waals surface area contributed by atoms with Crippen molar-refractivity contribution in [2.45, 2.75) is 103 Å². The number of unbranched alkanes of at least 4 members (excludes halogenated alkanes) is 12. The van der Waals surface area contributed by atoms with Crippen LogP contribution in [0, 0.1) is 11.8 Å². The topological polar surface area (TPSA) is 39.4 Å². The summed E-state index contributed by atoms with van der Waals surface area (Å²) in [6, 6.07) is 4.04. The number of hydrogen-bond donors (Lipinski definition) is 0. The van der Waals surface area contributed by atoms with E-state index >= 15 is 0 Å². The zero-order valence-corrected chi connectivity index (χ0v) is 17.3. The van der Waals surface area contributed by atoms with Crippen LogP contribution < -0.4 is 0 Å². The van der Waals surface area contributed by atoms with Crippen LogP contribution in [-0.4, -0.2) is 13.1 Å². The van der Waals surface area contributed by atoms with E-state index in [0.29, 0.717) is 6.42 Å². The van der Waals surface area contributed by atoms with Gasteiger partial charge in [0, 0.05) is 25.7 Å². The minimum absolute atomic E-state index is 0.137. The molecule has 1 rings (SSSR count). The molecule has 3 nitrogen and oxygen atoms in total. The molecule has 0 aliphatic heterocycles. The van der Waals surface area contributed by atoms with Crippen molar-refractivity contribution in [1.82, 2.24) is 0 Å². The van der Waals surface area contributed by atoms with E-state index in [0.717, 1.165) is 31.4 Å². The monoisotopic (exact) mass is 374 g/mol. The standard InChI is InChI=1S/C24H38O3/c1-26-24(25)21-17-15-13-11-9-7-5-3-2-4-6-8-10-12-14-16-19-23-20-18-22-27-23/h18,20,22H,2-10,12,14-17,19,21H2,1H3. The molecule has 0 saturated carbocycles. The van der Waals surface area contributed by atoms with Crippen molar-refractivity contribution in [3.8, 4) is 11.8 Å². The highest BCUT2D eigenvalue weighted by Crippen LogP contribution is 2.13. The number of furan rings is 1. The average molecular weight is 375 g/mol. The molecule has 0 spiro atoms. The van der Waals surface area contributed by atoms with E-state index in [1.165, 1.54) is 77.7 Å². The van der Waals surface area contributed by atoms with Crippen LogP contribution in [0.5, 0.6) is 0 Å². The molecule has 0 aliphatic rings. The molecule has 0 N–H and O–H groups in total. The predicted molar refractivity (Wildman–Crippen MR) is 111 cm³/mol. The molecule has 0 radical (unpaired) electrons. The van der Waals surface area contributed by atoms with Gasteiger partial charge in [-0.25, -0.2) is 0 Å². The van der Waals surface area contributed by atoms with Gasteiger partial charge in [0.25, 0.3) is 0 Å². The van der Waals surface area contributed by atoms with Gasteiger partial charge in [-0.1, -0.05) is 57.8 Å². The molecule has 3 heteroatoms. The fraction of sp³-hybridized carbons (Fsp3) is 0.708. The van der Waals surface area contributed by atoms with E-state index < -0.39 is 0 Å². The molecule has 0 unspecified atom stereocenters. The fourth-order valence-corrected chi connectivity index (χ4v) is 3.16. The first kappa shape index (κ1) is 23.3. The summed E-state index contributed by atoms with van der Waals surface area (Å²) in [4.78, 5) is 10.9. The van der Waals surface area contributed by atoms with Crippen molar-refractivity contribution < 1.29 is 13.9 Å². The van der Waals surface area contributed by atoms with Crippen molar-refractivity contribution in [2.75, 3.05) is 7.11 Å². The van der Waals surface area contributed by atoms with Gasteiger partial charge < -0.3 is 9.15 Å². The van der Waals surface area contributed by atoms with Crippen molar-refractivity contribution in [3.05, 3.63) is 24.2 Å². The van der Waals surface area contributed by atoms with Crippen LogP contribution in [0.1, 0.15) is 102 Å². The first-order valence-corrected chi connectivity index (χ1v) is 10.9. The van der Waals surface area contributed by atoms with Crippen LogP contribution in [0.4, 0.5) is 0 Å². The number of esters is 1. The third-order valence-electron chi connectivity index (χ3n) is 4.84. The highest BCUT2D eigenvalue weighted by atomic mass is 16.5. The number of ether oxygens (including phenoxy) is 1. The number of methoxy groups -OCH3 is 1. The second-order valence-corrected chi connectivity index (χ2v) is 7.25. The molecule has 0 bridgehead atoms. The second-order valence-electron chi connectivity index (χ2n) is 7.25. The summed E-state index contributed by atoms with van der Waals surface area (Å²) in [6.45, 7) is 0. The third kappa shape index (κ3) is 15.1. The molecule has 0 fully saturated rings. The summed E-state index contributed by atoms with van der Waals surface area (Å²) in [5.41, 5.74) is 0. The molecule has 1 heterocycles. The van der Waals surface area contributed by atoms with Gasteiger partial charge in [-0.2, -0.15) is 0 Å². The Morgan fingerprint density at radius 3 is 1.96 bits per heavy atom. The van der Waals surface area contributed by atoms with Gasteiger partial charge in [-0.15, -0.1) is 11.8 Å². The quantitative estimate of drug-likeness (QED) is 0.180. The Kier molecular flexibility index (Phi) is 15.3. The SMILES string of the molecule is COC(=O)CCCC#CCCCCCCCCCCCCCc1ccco1. The molecule has 27 heavy (non-hydrogen) atoms. The maximum atomic E-state index is 10.9. The summed E-state index contributed by atoms with van der Waals surface area (Å²) in [5, 5.41) is 0. The van der Waals surface area contributed by atoms with Gasteiger partial charge in [-0.3, -0.25) is 4.79 Å². The zero-order valence-electron chi connectivity index (χ0n) is 17.3. The molecular formula is C24H38O3. The lowest BCUT2D eigenvalue weighted by Crippen LogP contribution is -1.98. The molecule has 0 aliphatic carbocycles. The molecule has 0 saturated heterocycles. The number of rotatable bonds is 16. The number of carbonyl (C=O) groups excluding carboxylic acids is 1. The van der Waals surface area contributed by atoms with Crippen LogP contribution in [-0.2, 0) is 16.0 Å². The van der Waals surface area contributed by atoms with Crippen LogP contribution in [0.3, 0.4) is 0 Å². The number of hydrogen-bond acceptors (Lipinski definition) is 3. The smallest absolute Gasteiger partial charge is 0.305 e. The summed E-state index contributed by atoms with van der Waals surface area (Å²) in [7, 11) is 1.43. The largest absolute Gasteiger partial charge is 0.469 e. The Bertz CT molecular complexity index is 507. The molecule has 0 aromatic carbocycles. The van der Waals surface area contributed by atoms with Gasteiger partial charge in [0.05, 0.1) is 13.4 Å². The molecule has 1 aromatic rings. The van der Waals surface area contributed by atoms with E-state index in [4.69, 9.17) is 4.42 Å². The van der Waals surface area contributed by atoms with Crippen molar-refractivity contribution in [2.24, 2.45) is 0 Å². The van der Waals surface area contributed by atoms with Crippen molar-refractivity contribution in [1.29, 1.82) is 0 Å². The summed E-state index contributed by atoms with van der Waals surface area (Å²) in [6.07, 6.45) is 20.6. The first-order chi connectivity index (χ1) is 13.3. The molecule has 0 amide bonds. The first-order valence-electron chi connectivity index (χ1n) is 10.9. The van der Waals surface area contributed by atoms with Crippen LogP contribution in [0.15, 0.2) is 22.8 Å². The lowest BCUT2D eigenvalue weighted by molar-refractivity contribution is -0.140. The van der Waals surface area contributed by atoms with Gasteiger partial charge in [-0.05, 0) is 31.4 Å². The summed E-state index contributed by atoms with van der Waals surface area (Å²) < 4.78 is 9.95. The van der Waals surface area contributed by atoms with Gasteiger partial charge >= 0.3 is 5.97 Å². The Labute approximate surface area is 166 Å².